The van der Waals surface area contributed by atoms with Crippen molar-refractivity contribution in [2.45, 2.75) is 0 Å². The Kier molecular flexibility index (Phi) is 11.8. The summed E-state index contributed by atoms with van der Waals surface area (Å²) in [6.45, 7) is 0. The number of nitrogens with one attached hydrogen (secondary N) is 2. The summed E-state index contributed by atoms with van der Waals surface area (Å²) in [7, 11) is 31.7. The third-order valence-corrected chi connectivity index (χ3v) is 11.2. The molecule has 66 heavy (non-hydrogen) atoms. The van der Waals surface area contributed by atoms with Crippen LogP contribution in [-0.2, 0) is 0 Å². The highest BCUT2D eigenvalue weighted by atomic mass is 15.4. The molecule has 0 spiro atoms. The van der Waals surface area contributed by atoms with E-state index < -0.39 is 0 Å². The lowest BCUT2D eigenvalue weighted by Crippen LogP contribution is -2.36. The van der Waals surface area contributed by atoms with Gasteiger partial charge in [-0.2, -0.15) is 20.0 Å². The molecule has 18 heteroatoms. The Morgan fingerprint density at radius 1 is 0.394 bits per heavy atom. The quantitative estimate of drug-likeness (QED) is 0.124. The van der Waals surface area contributed by atoms with Crippen LogP contribution in [0.1, 0.15) is 0 Å². The van der Waals surface area contributed by atoms with Crippen molar-refractivity contribution in [2.75, 3.05) is 123 Å². The Bertz CT molecular complexity index is 2920. The fourth-order valence-corrected chi connectivity index (χ4v) is 8.41. The first kappa shape index (κ1) is 44.8. The molecular formula is C48H62N18. The molecule has 2 aromatic carbocycles. The molecule has 6 aromatic rings. The lowest BCUT2D eigenvalue weighted by molar-refractivity contribution is 0.482. The van der Waals surface area contributed by atoms with Gasteiger partial charge in [-0.1, -0.05) is 24.3 Å². The maximum Gasteiger partial charge on any atom is 0.202 e. The van der Waals surface area contributed by atoms with Crippen molar-refractivity contribution in [1.29, 1.82) is 0 Å². The number of benzene rings is 2. The van der Waals surface area contributed by atoms with E-state index in [2.05, 4.69) is 71.3 Å². The van der Waals surface area contributed by atoms with Gasteiger partial charge in [-0.25, -0.2) is 9.97 Å². The van der Waals surface area contributed by atoms with Crippen LogP contribution in [0, 0.1) is 0 Å². The van der Waals surface area contributed by atoms with Gasteiger partial charge in [0.05, 0.1) is 22.1 Å². The standard InChI is InChI=1S/C48H62N18/c1-57(2)45(58(3)4)53-41-43(55-47(61(9)10)62(11)12)65-23-21-30-25-32-19-17-29-18-20-33-26-31-22-24-66-37(28-35(31)50-40(33)38(29)39(32)49-34(30)27-36(65)51-41)52-42(54-46(59(5)6)60(7)8)44(66)56-48(63(13)14)64(15)16/h17-28,51-52H,1-16H3. The number of aliphatic imine (C=N–C) groups is 4. The van der Waals surface area contributed by atoms with Crippen LogP contribution in [0.5, 0.6) is 0 Å². The molecule has 0 unspecified atom stereocenters. The summed E-state index contributed by atoms with van der Waals surface area (Å²) in [6.07, 6.45) is 4.07. The highest BCUT2D eigenvalue weighted by molar-refractivity contribution is 6.20. The minimum Gasteiger partial charge on any atom is -0.349 e. The molecule has 2 aliphatic rings. The number of hydrogen-bond acceptors (Lipinski definition) is 8. The van der Waals surface area contributed by atoms with Gasteiger partial charge >= 0.3 is 0 Å². The number of anilines is 2. The zero-order chi connectivity index (χ0) is 47.5. The van der Waals surface area contributed by atoms with E-state index in [-0.39, 0.29) is 0 Å². The third kappa shape index (κ3) is 8.25. The smallest absolute Gasteiger partial charge is 0.202 e. The highest BCUT2D eigenvalue weighted by Crippen LogP contribution is 2.37. The van der Waals surface area contributed by atoms with E-state index in [4.69, 9.17) is 29.9 Å². The summed E-state index contributed by atoms with van der Waals surface area (Å²) in [5.41, 5.74) is 3.35. The molecule has 0 atom stereocenters. The summed E-state index contributed by atoms with van der Waals surface area (Å²) < 4.78 is 4.08. The van der Waals surface area contributed by atoms with Crippen LogP contribution in [0.4, 0.5) is 11.6 Å². The second kappa shape index (κ2) is 17.3. The zero-order valence-electron chi connectivity index (χ0n) is 41.1. The molecular weight excluding hydrogens is 829 g/mol. The van der Waals surface area contributed by atoms with Crippen molar-refractivity contribution in [3.63, 3.8) is 0 Å². The van der Waals surface area contributed by atoms with Crippen molar-refractivity contribution in [1.82, 2.24) is 58.3 Å². The molecule has 0 fully saturated rings. The predicted molar refractivity (Wildman–Crippen MR) is 276 cm³/mol. The number of fused-ring (bicyclic) bond motifs is 9. The Balaban J connectivity index is 1.33. The lowest BCUT2D eigenvalue weighted by atomic mass is 10.0. The van der Waals surface area contributed by atoms with Gasteiger partial charge in [0, 0.05) is 164 Å². The van der Waals surface area contributed by atoms with E-state index in [0.717, 1.165) is 89.9 Å². The van der Waals surface area contributed by atoms with Gasteiger partial charge in [-0.05, 0) is 29.7 Å². The fourth-order valence-electron chi connectivity index (χ4n) is 8.41. The molecule has 344 valence electrons. The number of nitrogens with zero attached hydrogens (tertiary/aromatic N) is 16. The molecule has 6 heterocycles. The van der Waals surface area contributed by atoms with Crippen molar-refractivity contribution >= 4 is 102 Å². The van der Waals surface area contributed by atoms with Crippen LogP contribution in [0.25, 0.3) is 66.0 Å². The zero-order valence-corrected chi connectivity index (χ0v) is 41.1. The molecule has 0 aliphatic carbocycles. The minimum absolute atomic E-state index is 0.619. The minimum atomic E-state index is 0.619. The highest BCUT2D eigenvalue weighted by Gasteiger charge is 2.25. The van der Waals surface area contributed by atoms with E-state index in [0.29, 0.717) is 23.3 Å². The predicted octanol–water partition coefficient (Wildman–Crippen LogP) is 5.91. The summed E-state index contributed by atoms with van der Waals surface area (Å²) >= 11 is 0. The largest absolute Gasteiger partial charge is 0.349 e. The number of aromatic nitrogens is 4. The molecule has 2 aliphatic heterocycles. The molecule has 8 rings (SSSR count). The van der Waals surface area contributed by atoms with E-state index in [1.165, 1.54) is 0 Å². The van der Waals surface area contributed by atoms with Crippen molar-refractivity contribution < 1.29 is 0 Å². The van der Waals surface area contributed by atoms with Gasteiger partial charge in [-0.3, -0.25) is 9.13 Å². The summed E-state index contributed by atoms with van der Waals surface area (Å²) in [5, 5.41) is 13.2. The van der Waals surface area contributed by atoms with Crippen molar-refractivity contribution in [3.05, 3.63) is 84.7 Å². The Hall–Kier alpha value is -7.76. The van der Waals surface area contributed by atoms with Gasteiger partial charge in [0.25, 0.3) is 0 Å². The Morgan fingerprint density at radius 3 is 1.05 bits per heavy atom. The van der Waals surface area contributed by atoms with Crippen LogP contribution in [0.2, 0.25) is 0 Å². The van der Waals surface area contributed by atoms with Crippen LogP contribution in [0.15, 0.2) is 105 Å². The molecule has 2 N–H and O–H groups in total. The average molecular weight is 891 g/mol. The second-order valence-electron chi connectivity index (χ2n) is 18.1. The lowest BCUT2D eigenvalue weighted by Gasteiger charge is -2.23. The van der Waals surface area contributed by atoms with Gasteiger partial charge < -0.3 is 49.8 Å². The van der Waals surface area contributed by atoms with Gasteiger partial charge in [-0.15, -0.1) is 0 Å². The topological polar surface area (TPSA) is 135 Å². The molecule has 18 nitrogen and oxygen atoms in total. The first-order chi connectivity index (χ1) is 31.3. The van der Waals surface area contributed by atoms with E-state index in [1.54, 1.807) is 0 Å². The van der Waals surface area contributed by atoms with Gasteiger partial charge in [0.15, 0.2) is 23.3 Å². The van der Waals surface area contributed by atoms with Crippen molar-refractivity contribution in [3.8, 4) is 0 Å². The van der Waals surface area contributed by atoms with Crippen LogP contribution >= 0.6 is 0 Å². The Morgan fingerprint density at radius 2 is 0.712 bits per heavy atom. The van der Waals surface area contributed by atoms with E-state index in [1.807, 2.05) is 173 Å². The molecule has 0 saturated carbocycles. The first-order valence-electron chi connectivity index (χ1n) is 21.7. The SMILES string of the molecule is CN(C)C(=NC1=C(N=C(N(C)C)N(C)C)n2ccc3cc4ccc5ccc6cc7ccn8c(cc7nc6c5c4nc3cc2N1)NC(N=C(N(C)C)N(C)C)=C8N=C(N(C)C)N(C)C)N(C)C. The Labute approximate surface area is 386 Å². The summed E-state index contributed by atoms with van der Waals surface area (Å²) in [5.74, 6) is 7.21. The number of rotatable bonds is 4. The number of pyridine rings is 2. The fraction of sp³-hybridized carbons (Fsp3) is 0.333. The maximum absolute atomic E-state index is 5.46. The number of hydrogen-bond donors (Lipinski definition) is 2. The third-order valence-electron chi connectivity index (χ3n) is 11.2. The average Bonchev–Trinajstić information content (AvgIpc) is 3.58. The normalized spacial score (nSPS) is 12.7. The first-order valence-corrected chi connectivity index (χ1v) is 21.7. The van der Waals surface area contributed by atoms with E-state index in [9.17, 15) is 0 Å². The van der Waals surface area contributed by atoms with Crippen LogP contribution < -0.4 is 10.6 Å². The second-order valence-corrected chi connectivity index (χ2v) is 18.1. The summed E-state index contributed by atoms with van der Waals surface area (Å²) in [4.78, 5) is 47.3. The molecule has 4 aromatic heterocycles. The van der Waals surface area contributed by atoms with Gasteiger partial charge in [0.1, 0.15) is 11.6 Å². The van der Waals surface area contributed by atoms with Gasteiger partial charge in [0.2, 0.25) is 23.8 Å². The molecule has 0 radical (unpaired) electrons. The van der Waals surface area contributed by atoms with E-state index >= 15 is 0 Å². The van der Waals surface area contributed by atoms with Crippen LogP contribution in [-0.4, -0.2) is 195 Å². The molecule has 0 saturated heterocycles. The number of guanidine groups is 4. The maximum atomic E-state index is 5.46. The van der Waals surface area contributed by atoms with Crippen molar-refractivity contribution in [2.24, 2.45) is 20.0 Å². The van der Waals surface area contributed by atoms with Crippen LogP contribution in [0.3, 0.4) is 0 Å². The molecule has 0 amide bonds. The summed E-state index contributed by atoms with van der Waals surface area (Å²) in [6, 6.07) is 21.3. The molecule has 0 bridgehead atoms. The monoisotopic (exact) mass is 891 g/mol.